The van der Waals surface area contributed by atoms with E-state index in [4.69, 9.17) is 17.2 Å². The molecule has 0 fully saturated rings. The lowest BCUT2D eigenvalue weighted by molar-refractivity contribution is -0.142. The molecule has 11 N–H and O–H groups in total. The predicted molar refractivity (Wildman–Crippen MR) is 114 cm³/mol. The Hall–Kier alpha value is -2.93. The summed E-state index contributed by atoms with van der Waals surface area (Å²) in [4.78, 5) is 52.2. The maximum absolute atomic E-state index is 12.7. The van der Waals surface area contributed by atoms with Gasteiger partial charge in [-0.3, -0.25) is 19.4 Å². The van der Waals surface area contributed by atoms with Crippen molar-refractivity contribution < 1.29 is 29.4 Å². The molecule has 31 heavy (non-hydrogen) atoms. The van der Waals surface area contributed by atoms with Crippen LogP contribution in [0.1, 0.15) is 40.0 Å². The number of carbonyl (C=O) groups excluding carboxylic acids is 3. The minimum absolute atomic E-state index is 0.0316. The summed E-state index contributed by atoms with van der Waals surface area (Å²) in [7, 11) is 0. The summed E-state index contributed by atoms with van der Waals surface area (Å²) in [5.74, 6) is -3.83. The molecular formula is C18H35N7O6. The van der Waals surface area contributed by atoms with Crippen molar-refractivity contribution in [3.63, 3.8) is 0 Å². The molecule has 0 aromatic heterocycles. The molecule has 3 amide bonds. The van der Waals surface area contributed by atoms with Gasteiger partial charge in [-0.2, -0.15) is 0 Å². The molecule has 13 nitrogen and oxygen atoms in total. The number of carboxylic acid groups (broad SMARTS) is 1. The Morgan fingerprint density at radius 1 is 0.968 bits per heavy atom. The van der Waals surface area contributed by atoms with Crippen molar-refractivity contribution in [2.45, 2.75) is 64.2 Å². The quantitative estimate of drug-likeness (QED) is 0.0769. The molecule has 0 saturated carbocycles. The van der Waals surface area contributed by atoms with Gasteiger partial charge in [-0.05, 0) is 25.7 Å². The van der Waals surface area contributed by atoms with Gasteiger partial charge in [-0.25, -0.2) is 4.79 Å². The first-order valence-electron chi connectivity index (χ1n) is 10.00. The third kappa shape index (κ3) is 10.6. The van der Waals surface area contributed by atoms with E-state index in [1.54, 1.807) is 6.92 Å². The second-order valence-electron chi connectivity index (χ2n) is 7.25. The van der Waals surface area contributed by atoms with E-state index in [-0.39, 0.29) is 31.3 Å². The van der Waals surface area contributed by atoms with Gasteiger partial charge in [0.15, 0.2) is 5.96 Å². The van der Waals surface area contributed by atoms with Crippen molar-refractivity contribution in [1.29, 1.82) is 0 Å². The van der Waals surface area contributed by atoms with Gasteiger partial charge >= 0.3 is 5.97 Å². The van der Waals surface area contributed by atoms with Gasteiger partial charge in [0.2, 0.25) is 17.7 Å². The van der Waals surface area contributed by atoms with Crippen molar-refractivity contribution in [2.75, 3.05) is 13.2 Å². The van der Waals surface area contributed by atoms with Crippen molar-refractivity contribution in [3.05, 3.63) is 0 Å². The number of hydrogen-bond acceptors (Lipinski definition) is 7. The number of guanidine groups is 1. The Balaban J connectivity index is 5.13. The monoisotopic (exact) mass is 445 g/mol. The van der Waals surface area contributed by atoms with E-state index in [0.717, 1.165) is 0 Å². The maximum atomic E-state index is 12.7. The zero-order chi connectivity index (χ0) is 24.1. The number of nitrogens with two attached hydrogens (primary N) is 3. The Kier molecular flexibility index (Phi) is 12.8. The molecule has 5 unspecified atom stereocenters. The Labute approximate surface area is 181 Å². The highest BCUT2D eigenvalue weighted by molar-refractivity contribution is 5.94. The van der Waals surface area contributed by atoms with Gasteiger partial charge < -0.3 is 43.4 Å². The molecule has 0 aliphatic carbocycles. The van der Waals surface area contributed by atoms with Crippen LogP contribution >= 0.6 is 0 Å². The highest BCUT2D eigenvalue weighted by atomic mass is 16.4. The first-order valence-corrected chi connectivity index (χ1v) is 10.00. The van der Waals surface area contributed by atoms with Gasteiger partial charge in [-0.15, -0.1) is 0 Å². The highest BCUT2D eigenvalue weighted by Crippen LogP contribution is 2.09. The molecule has 0 aromatic carbocycles. The van der Waals surface area contributed by atoms with Crippen LogP contribution in [0.25, 0.3) is 0 Å². The average Bonchev–Trinajstić information content (AvgIpc) is 2.70. The highest BCUT2D eigenvalue weighted by Gasteiger charge is 2.31. The van der Waals surface area contributed by atoms with Crippen LogP contribution in [-0.4, -0.2) is 77.2 Å². The summed E-state index contributed by atoms with van der Waals surface area (Å²) in [6.45, 7) is 4.42. The van der Waals surface area contributed by atoms with Gasteiger partial charge in [-0.1, -0.05) is 20.3 Å². The zero-order valence-electron chi connectivity index (χ0n) is 18.1. The van der Waals surface area contributed by atoms with Gasteiger partial charge in [0, 0.05) is 6.54 Å². The van der Waals surface area contributed by atoms with Crippen LogP contribution in [0.5, 0.6) is 0 Å². The third-order valence-electron chi connectivity index (χ3n) is 4.58. The van der Waals surface area contributed by atoms with E-state index in [9.17, 15) is 29.4 Å². The second kappa shape index (κ2) is 14.1. The predicted octanol–water partition coefficient (Wildman–Crippen LogP) is -3.04. The fourth-order valence-corrected chi connectivity index (χ4v) is 2.48. The molecule has 178 valence electrons. The van der Waals surface area contributed by atoms with Crippen molar-refractivity contribution in [1.82, 2.24) is 16.0 Å². The Morgan fingerprint density at radius 2 is 1.55 bits per heavy atom. The van der Waals surface area contributed by atoms with Crippen LogP contribution in [0.4, 0.5) is 0 Å². The molecule has 0 aliphatic heterocycles. The molecule has 0 rings (SSSR count). The second-order valence-corrected chi connectivity index (χ2v) is 7.25. The lowest BCUT2D eigenvalue weighted by Gasteiger charge is -2.27. The van der Waals surface area contributed by atoms with E-state index < -0.39 is 54.5 Å². The minimum atomic E-state index is -1.41. The van der Waals surface area contributed by atoms with Crippen LogP contribution in [0.3, 0.4) is 0 Å². The number of aliphatic hydroxyl groups excluding tert-OH is 1. The summed E-state index contributed by atoms with van der Waals surface area (Å²) in [5.41, 5.74) is 15.9. The van der Waals surface area contributed by atoms with Gasteiger partial charge in [0.25, 0.3) is 0 Å². The molecule has 0 radical (unpaired) electrons. The molecule has 0 bridgehead atoms. The number of carbonyl (C=O) groups is 4. The van der Waals surface area contributed by atoms with E-state index in [1.165, 1.54) is 6.92 Å². The topological polar surface area (TPSA) is 235 Å². The van der Waals surface area contributed by atoms with Crippen molar-refractivity contribution in [2.24, 2.45) is 28.1 Å². The number of rotatable bonds is 14. The number of nitrogens with zero attached hydrogens (tertiary/aromatic N) is 1. The molecular weight excluding hydrogens is 410 g/mol. The van der Waals surface area contributed by atoms with E-state index in [2.05, 4.69) is 20.9 Å². The average molecular weight is 446 g/mol. The summed E-state index contributed by atoms with van der Waals surface area (Å²) in [5, 5.41) is 26.0. The molecule has 0 saturated heterocycles. The fourth-order valence-electron chi connectivity index (χ4n) is 2.48. The zero-order valence-corrected chi connectivity index (χ0v) is 18.1. The Bertz CT molecular complexity index is 651. The SMILES string of the molecule is CCC(C)C(NC(=O)C(C)N)C(=O)NC(CO)C(=O)NC(CCCN=C(N)N)C(=O)O. The number of aliphatic hydroxyl groups is 1. The number of nitrogens with one attached hydrogen (secondary N) is 3. The third-order valence-corrected chi connectivity index (χ3v) is 4.58. The minimum Gasteiger partial charge on any atom is -0.480 e. The van der Waals surface area contributed by atoms with Crippen LogP contribution in [0.2, 0.25) is 0 Å². The van der Waals surface area contributed by atoms with E-state index in [1.807, 2.05) is 6.92 Å². The summed E-state index contributed by atoms with van der Waals surface area (Å²) >= 11 is 0. The standard InChI is InChI=1S/C18H35N7O6/c1-4-9(2)13(25-14(27)10(3)19)16(29)24-12(8-26)15(28)23-11(17(30)31)6-5-7-22-18(20)21/h9-13,26H,4-8,19H2,1-3H3,(H,23,28)(H,24,29)(H,25,27)(H,30,31)(H4,20,21,22). The fraction of sp³-hybridized carbons (Fsp3) is 0.722. The summed E-state index contributed by atoms with van der Waals surface area (Å²) in [6.07, 6.45) is 0.860. The molecule has 5 atom stereocenters. The lowest BCUT2D eigenvalue weighted by Crippen LogP contribution is -2.59. The number of amides is 3. The van der Waals surface area contributed by atoms with Crippen molar-refractivity contribution >= 4 is 29.7 Å². The Morgan fingerprint density at radius 3 is 2.00 bits per heavy atom. The van der Waals surface area contributed by atoms with Crippen LogP contribution < -0.4 is 33.2 Å². The van der Waals surface area contributed by atoms with E-state index in [0.29, 0.717) is 6.42 Å². The summed E-state index contributed by atoms with van der Waals surface area (Å²) in [6, 6.07) is -4.51. The number of aliphatic imine (C=N–C) groups is 1. The molecule has 0 aliphatic rings. The first kappa shape index (κ1) is 28.1. The first-order chi connectivity index (χ1) is 14.4. The van der Waals surface area contributed by atoms with Crippen molar-refractivity contribution in [3.8, 4) is 0 Å². The molecule has 13 heteroatoms. The number of carboxylic acids is 1. The summed E-state index contributed by atoms with van der Waals surface area (Å²) < 4.78 is 0. The van der Waals surface area contributed by atoms with Gasteiger partial charge in [0.05, 0.1) is 12.6 Å². The largest absolute Gasteiger partial charge is 0.480 e. The van der Waals surface area contributed by atoms with E-state index >= 15 is 0 Å². The maximum Gasteiger partial charge on any atom is 0.326 e. The van der Waals surface area contributed by atoms with Gasteiger partial charge in [0.1, 0.15) is 18.1 Å². The lowest BCUT2D eigenvalue weighted by atomic mass is 9.97. The molecule has 0 aromatic rings. The smallest absolute Gasteiger partial charge is 0.326 e. The number of aliphatic carboxylic acids is 1. The van der Waals surface area contributed by atoms with Crippen LogP contribution in [0.15, 0.2) is 4.99 Å². The van der Waals surface area contributed by atoms with Crippen LogP contribution in [0, 0.1) is 5.92 Å². The molecule has 0 spiro atoms. The normalized spacial score (nSPS) is 15.5. The molecule has 0 heterocycles. The number of hydrogen-bond donors (Lipinski definition) is 8. The van der Waals surface area contributed by atoms with Crippen LogP contribution in [-0.2, 0) is 19.2 Å².